The molecule has 0 heterocycles. The molecular weight excluding hydrogens is 284 g/mol. The summed E-state index contributed by atoms with van der Waals surface area (Å²) in [6.45, 7) is 0. The lowest BCUT2D eigenvalue weighted by Crippen LogP contribution is -2.44. The second kappa shape index (κ2) is 5.71. The minimum Gasteiger partial charge on any atom is -0.305 e. The smallest absolute Gasteiger partial charge is 0.192 e. The Bertz CT molecular complexity index is 785. The van der Waals surface area contributed by atoms with Crippen LogP contribution in [-0.4, -0.2) is 5.71 Å². The second-order valence-electron chi connectivity index (χ2n) is 6.11. The van der Waals surface area contributed by atoms with E-state index in [-0.39, 0.29) is 5.71 Å². The van der Waals surface area contributed by atoms with Crippen molar-refractivity contribution in [2.75, 3.05) is 0 Å². The third kappa shape index (κ3) is 2.06. The molecule has 0 radical (unpaired) electrons. The van der Waals surface area contributed by atoms with Crippen LogP contribution < -0.4 is 0 Å². The number of allylic oxidation sites excluding steroid dienone is 2. The van der Waals surface area contributed by atoms with E-state index in [4.69, 9.17) is 5.41 Å². The summed E-state index contributed by atoms with van der Waals surface area (Å²) in [5.41, 5.74) is 1.25. The van der Waals surface area contributed by atoms with Gasteiger partial charge in [0.05, 0.1) is 23.9 Å². The van der Waals surface area contributed by atoms with Crippen molar-refractivity contribution < 1.29 is 0 Å². The number of nitrogens with zero attached hydrogens (tertiary/aromatic N) is 3. The van der Waals surface area contributed by atoms with Crippen LogP contribution in [0.15, 0.2) is 41.5 Å². The van der Waals surface area contributed by atoms with Crippen molar-refractivity contribution in [1.29, 1.82) is 21.2 Å². The first-order valence-corrected chi connectivity index (χ1v) is 7.77. The fourth-order valence-corrected chi connectivity index (χ4v) is 3.94. The van der Waals surface area contributed by atoms with Crippen molar-refractivity contribution in [2.24, 2.45) is 11.3 Å². The van der Waals surface area contributed by atoms with Crippen molar-refractivity contribution >= 4 is 5.71 Å². The van der Waals surface area contributed by atoms with Crippen LogP contribution in [0.1, 0.15) is 37.2 Å². The molecule has 1 aromatic carbocycles. The largest absolute Gasteiger partial charge is 0.305 e. The van der Waals surface area contributed by atoms with Gasteiger partial charge in [-0.15, -0.1) is 0 Å². The topological polar surface area (TPSA) is 95.2 Å². The molecule has 0 fully saturated rings. The van der Waals surface area contributed by atoms with Crippen molar-refractivity contribution in [3.8, 4) is 18.2 Å². The van der Waals surface area contributed by atoms with Gasteiger partial charge in [0, 0.05) is 5.92 Å². The molecule has 1 aromatic rings. The number of rotatable bonds is 1. The van der Waals surface area contributed by atoms with Crippen molar-refractivity contribution in [2.45, 2.75) is 31.6 Å². The van der Waals surface area contributed by atoms with Crippen LogP contribution in [0.2, 0.25) is 0 Å². The van der Waals surface area contributed by atoms with E-state index in [2.05, 4.69) is 18.2 Å². The van der Waals surface area contributed by atoms with E-state index < -0.39 is 17.3 Å². The van der Waals surface area contributed by atoms with E-state index in [0.29, 0.717) is 0 Å². The van der Waals surface area contributed by atoms with Gasteiger partial charge in [-0.3, -0.25) is 0 Å². The number of nitrogens with one attached hydrogen (secondary N) is 1. The molecule has 0 saturated heterocycles. The molecule has 1 N–H and O–H groups in total. The van der Waals surface area contributed by atoms with Crippen LogP contribution in [-0.2, 0) is 0 Å². The molecule has 0 aromatic heterocycles. The zero-order valence-electron chi connectivity index (χ0n) is 12.7. The third-order valence-corrected chi connectivity index (χ3v) is 5.01. The standard InChI is InChI=1S/C19H16N4/c20-10-16-14-8-4-5-9-15(14)17(13-6-2-1-3-7-13)19(11-21,12-22)18(16)23/h1-3,6-7,16-17,23H,4-5,8-9H2/t16-,17+/m1/s1. The van der Waals surface area contributed by atoms with Crippen LogP contribution in [0.25, 0.3) is 0 Å². The first kappa shape index (κ1) is 15.0. The Kier molecular flexibility index (Phi) is 3.73. The zero-order chi connectivity index (χ0) is 16.4. The van der Waals surface area contributed by atoms with Crippen LogP contribution in [0.3, 0.4) is 0 Å². The first-order valence-electron chi connectivity index (χ1n) is 7.77. The molecule has 4 nitrogen and oxygen atoms in total. The molecule has 0 unspecified atom stereocenters. The summed E-state index contributed by atoms with van der Waals surface area (Å²) >= 11 is 0. The normalized spacial score (nSPS) is 25.7. The van der Waals surface area contributed by atoms with Crippen LogP contribution in [0.4, 0.5) is 0 Å². The Balaban J connectivity index is 2.32. The Labute approximate surface area is 135 Å². The molecule has 112 valence electrons. The summed E-state index contributed by atoms with van der Waals surface area (Å²) in [6, 6.07) is 15.8. The van der Waals surface area contributed by atoms with Crippen LogP contribution in [0, 0.1) is 50.7 Å². The molecule has 0 aliphatic heterocycles. The SMILES string of the molecule is N#C[C@H]1C(=N)C(C#N)(C#N)[C@@H](c2ccccc2)C2=C1CCCC2. The number of nitriles is 3. The molecule has 2 atom stereocenters. The zero-order valence-corrected chi connectivity index (χ0v) is 12.7. The molecular formula is C19H16N4. The van der Waals surface area contributed by atoms with Gasteiger partial charge in [-0.25, -0.2) is 0 Å². The van der Waals surface area contributed by atoms with E-state index in [9.17, 15) is 15.8 Å². The Morgan fingerprint density at radius 3 is 2.13 bits per heavy atom. The van der Waals surface area contributed by atoms with Gasteiger partial charge in [0.25, 0.3) is 0 Å². The lowest BCUT2D eigenvalue weighted by atomic mass is 9.56. The predicted molar refractivity (Wildman–Crippen MR) is 85.2 cm³/mol. The average molecular weight is 300 g/mol. The predicted octanol–water partition coefficient (Wildman–Crippen LogP) is 3.85. The maximum Gasteiger partial charge on any atom is 0.192 e. The lowest BCUT2D eigenvalue weighted by Gasteiger charge is -2.42. The number of hydrogen-bond acceptors (Lipinski definition) is 4. The van der Waals surface area contributed by atoms with Gasteiger partial charge < -0.3 is 5.41 Å². The van der Waals surface area contributed by atoms with E-state index in [1.54, 1.807) is 0 Å². The molecule has 2 aliphatic rings. The second-order valence-corrected chi connectivity index (χ2v) is 6.11. The maximum absolute atomic E-state index is 9.80. The summed E-state index contributed by atoms with van der Waals surface area (Å²) in [4.78, 5) is 0. The van der Waals surface area contributed by atoms with E-state index in [1.807, 2.05) is 30.3 Å². The maximum atomic E-state index is 9.80. The molecule has 4 heteroatoms. The summed E-state index contributed by atoms with van der Waals surface area (Å²) in [7, 11) is 0. The summed E-state index contributed by atoms with van der Waals surface area (Å²) < 4.78 is 0. The molecule has 0 amide bonds. The lowest BCUT2D eigenvalue weighted by molar-refractivity contribution is 0.486. The average Bonchev–Trinajstić information content (AvgIpc) is 2.61. The number of benzene rings is 1. The molecule has 23 heavy (non-hydrogen) atoms. The molecule has 0 bridgehead atoms. The van der Waals surface area contributed by atoms with Crippen molar-refractivity contribution in [3.05, 3.63) is 47.0 Å². The fraction of sp³-hybridized carbons (Fsp3) is 0.368. The number of hydrogen-bond donors (Lipinski definition) is 1. The van der Waals surface area contributed by atoms with Gasteiger partial charge in [0.15, 0.2) is 5.41 Å². The molecule has 2 aliphatic carbocycles. The van der Waals surface area contributed by atoms with Crippen molar-refractivity contribution in [1.82, 2.24) is 0 Å². The highest BCUT2D eigenvalue weighted by atomic mass is 14.6. The molecule has 0 spiro atoms. The monoisotopic (exact) mass is 300 g/mol. The minimum absolute atomic E-state index is 0.0560. The van der Waals surface area contributed by atoms with Crippen LogP contribution in [0.5, 0.6) is 0 Å². The molecule has 3 rings (SSSR count). The quantitative estimate of drug-likeness (QED) is 0.798. The Morgan fingerprint density at radius 1 is 0.957 bits per heavy atom. The van der Waals surface area contributed by atoms with Crippen LogP contribution >= 0.6 is 0 Å². The van der Waals surface area contributed by atoms with E-state index in [0.717, 1.165) is 42.4 Å². The van der Waals surface area contributed by atoms with E-state index >= 15 is 0 Å². The Hall–Kier alpha value is -2.90. The van der Waals surface area contributed by atoms with Gasteiger partial charge in [-0.2, -0.15) is 15.8 Å². The summed E-state index contributed by atoms with van der Waals surface area (Å²) in [5.74, 6) is -1.17. The van der Waals surface area contributed by atoms with Gasteiger partial charge in [-0.05, 0) is 36.8 Å². The highest BCUT2D eigenvalue weighted by Crippen LogP contribution is 2.53. The minimum atomic E-state index is -1.59. The Morgan fingerprint density at radius 2 is 1.57 bits per heavy atom. The summed E-state index contributed by atoms with van der Waals surface area (Å²) in [5, 5.41) is 37.6. The fourth-order valence-electron chi connectivity index (χ4n) is 3.94. The highest BCUT2D eigenvalue weighted by molar-refractivity contribution is 6.01. The van der Waals surface area contributed by atoms with Gasteiger partial charge in [-0.1, -0.05) is 35.9 Å². The first-order chi connectivity index (χ1) is 11.2. The van der Waals surface area contributed by atoms with Gasteiger partial charge in [0.1, 0.15) is 5.92 Å². The summed E-state index contributed by atoms with van der Waals surface area (Å²) in [6.07, 6.45) is 3.58. The van der Waals surface area contributed by atoms with Gasteiger partial charge in [0.2, 0.25) is 0 Å². The van der Waals surface area contributed by atoms with Gasteiger partial charge >= 0.3 is 0 Å². The van der Waals surface area contributed by atoms with Crippen molar-refractivity contribution in [3.63, 3.8) is 0 Å². The molecule has 0 saturated carbocycles. The third-order valence-electron chi connectivity index (χ3n) is 5.01. The highest BCUT2D eigenvalue weighted by Gasteiger charge is 2.54. The van der Waals surface area contributed by atoms with E-state index in [1.165, 1.54) is 0 Å².